The van der Waals surface area contributed by atoms with Crippen LogP contribution in [0.5, 0.6) is 0 Å². The molecule has 0 radical (unpaired) electrons. The summed E-state index contributed by atoms with van der Waals surface area (Å²) in [4.78, 5) is 29.4. The molecule has 1 heterocycles. The van der Waals surface area contributed by atoms with Gasteiger partial charge in [-0.1, -0.05) is 29.9 Å². The first-order valence-corrected chi connectivity index (χ1v) is 12.7. The monoisotopic (exact) mass is 490 g/mol. The molecule has 0 saturated carbocycles. The maximum atomic E-state index is 12.5. The molecule has 0 atom stereocenters. The van der Waals surface area contributed by atoms with Gasteiger partial charge in [0.15, 0.2) is 0 Å². The van der Waals surface area contributed by atoms with Crippen LogP contribution in [0.25, 0.3) is 0 Å². The van der Waals surface area contributed by atoms with Gasteiger partial charge in [-0.3, -0.25) is 14.9 Å². The highest BCUT2D eigenvalue weighted by Gasteiger charge is 2.16. The first-order valence-electron chi connectivity index (χ1n) is 10.9. The van der Waals surface area contributed by atoms with Gasteiger partial charge in [-0.15, -0.1) is 0 Å². The van der Waals surface area contributed by atoms with E-state index in [1.165, 1.54) is 42.1 Å². The van der Waals surface area contributed by atoms with E-state index in [9.17, 15) is 20.2 Å². The van der Waals surface area contributed by atoms with Gasteiger partial charge in [0, 0.05) is 33.3 Å². The lowest BCUT2D eigenvalue weighted by Crippen LogP contribution is -2.14. The van der Waals surface area contributed by atoms with Crippen LogP contribution >= 0.6 is 23.5 Å². The second kappa shape index (κ2) is 11.2. The van der Waals surface area contributed by atoms with E-state index in [0.717, 1.165) is 46.7 Å². The number of nitrogens with zero attached hydrogens (tertiary/aromatic N) is 3. The molecule has 9 heteroatoms. The number of non-ortho nitro benzene ring substituents is 1. The predicted octanol–water partition coefficient (Wildman–Crippen LogP) is 6.01. The van der Waals surface area contributed by atoms with Crippen LogP contribution in [0.2, 0.25) is 0 Å². The van der Waals surface area contributed by atoms with Crippen molar-refractivity contribution in [3.05, 3.63) is 81.5 Å². The molecule has 1 N–H and O–H groups in total. The minimum atomic E-state index is -0.422. The number of nitriles is 1. The minimum absolute atomic E-state index is 0.0586. The standard InChI is InChI=1S/C25H22N4O3S2/c26-15-18-14-17-4-2-1-3-5-23(17)28-25(18)33-16-24(30)27-19-6-10-21(11-7-19)34-22-12-8-20(9-13-22)29(31)32/h6-14H,1-5,16H2,(H,27,30). The summed E-state index contributed by atoms with van der Waals surface area (Å²) in [7, 11) is 0. The van der Waals surface area contributed by atoms with Crippen molar-refractivity contribution < 1.29 is 9.72 Å². The van der Waals surface area contributed by atoms with Gasteiger partial charge in [-0.2, -0.15) is 5.26 Å². The molecule has 0 fully saturated rings. The number of pyridine rings is 1. The molecular weight excluding hydrogens is 468 g/mol. The number of aryl methyl sites for hydroxylation is 2. The van der Waals surface area contributed by atoms with E-state index in [2.05, 4.69) is 11.4 Å². The summed E-state index contributed by atoms with van der Waals surface area (Å²) >= 11 is 2.77. The number of benzene rings is 2. The highest BCUT2D eigenvalue weighted by atomic mass is 32.2. The normalized spacial score (nSPS) is 12.8. The van der Waals surface area contributed by atoms with Gasteiger partial charge in [-0.25, -0.2) is 4.98 Å². The maximum absolute atomic E-state index is 12.5. The number of carbonyl (C=O) groups excluding carboxylic acids is 1. The molecule has 172 valence electrons. The second-order valence-corrected chi connectivity index (χ2v) is 9.94. The van der Waals surface area contributed by atoms with Crippen molar-refractivity contribution in [3.8, 4) is 6.07 Å². The number of nitro groups is 1. The molecule has 4 rings (SSSR count). The van der Waals surface area contributed by atoms with Crippen LogP contribution in [0.3, 0.4) is 0 Å². The van der Waals surface area contributed by atoms with Gasteiger partial charge in [-0.05, 0) is 73.7 Å². The van der Waals surface area contributed by atoms with Gasteiger partial charge in [0.1, 0.15) is 11.1 Å². The third-order valence-electron chi connectivity index (χ3n) is 5.40. The van der Waals surface area contributed by atoms with E-state index in [4.69, 9.17) is 4.98 Å². The lowest BCUT2D eigenvalue weighted by molar-refractivity contribution is -0.384. The van der Waals surface area contributed by atoms with E-state index in [1.807, 2.05) is 30.3 Å². The van der Waals surface area contributed by atoms with Crippen molar-refractivity contribution in [2.24, 2.45) is 0 Å². The third kappa shape index (κ3) is 6.16. The number of hydrogen-bond acceptors (Lipinski definition) is 7. The Hall–Kier alpha value is -3.35. The average Bonchev–Trinajstić information content (AvgIpc) is 3.08. The van der Waals surface area contributed by atoms with Gasteiger partial charge < -0.3 is 5.32 Å². The van der Waals surface area contributed by atoms with Crippen LogP contribution in [0.1, 0.15) is 36.1 Å². The van der Waals surface area contributed by atoms with E-state index < -0.39 is 4.92 Å². The van der Waals surface area contributed by atoms with Crippen LogP contribution < -0.4 is 5.32 Å². The average molecular weight is 491 g/mol. The molecule has 0 spiro atoms. The Labute approximate surface area is 206 Å². The van der Waals surface area contributed by atoms with Crippen molar-refractivity contribution in [3.63, 3.8) is 0 Å². The summed E-state index contributed by atoms with van der Waals surface area (Å²) in [6.45, 7) is 0. The number of hydrogen-bond donors (Lipinski definition) is 1. The van der Waals surface area contributed by atoms with Crippen LogP contribution in [-0.2, 0) is 17.6 Å². The zero-order valence-electron chi connectivity index (χ0n) is 18.3. The van der Waals surface area contributed by atoms with Crippen LogP contribution in [0.15, 0.2) is 69.4 Å². The van der Waals surface area contributed by atoms with Crippen molar-refractivity contribution in [1.29, 1.82) is 5.26 Å². The Kier molecular flexibility index (Phi) is 7.83. The minimum Gasteiger partial charge on any atom is -0.325 e. The zero-order chi connectivity index (χ0) is 23.9. The fourth-order valence-electron chi connectivity index (χ4n) is 3.69. The molecule has 0 saturated heterocycles. The summed E-state index contributed by atoms with van der Waals surface area (Å²) in [5.74, 6) is 0.00107. The van der Waals surface area contributed by atoms with E-state index in [0.29, 0.717) is 16.3 Å². The summed E-state index contributed by atoms with van der Waals surface area (Å²) in [6, 6.07) is 17.9. The lowest BCUT2D eigenvalue weighted by atomic mass is 10.1. The number of rotatable bonds is 7. The fourth-order valence-corrected chi connectivity index (χ4v) is 5.28. The molecule has 2 aromatic carbocycles. The first-order chi connectivity index (χ1) is 16.5. The highest BCUT2D eigenvalue weighted by molar-refractivity contribution is 8.00. The van der Waals surface area contributed by atoms with Gasteiger partial charge in [0.05, 0.1) is 16.2 Å². The Morgan fingerprint density at radius 1 is 1.06 bits per heavy atom. The summed E-state index contributed by atoms with van der Waals surface area (Å²) in [5.41, 5.74) is 3.48. The molecule has 0 unspecified atom stereocenters. The number of thioether (sulfide) groups is 1. The second-order valence-electron chi connectivity index (χ2n) is 7.83. The van der Waals surface area contributed by atoms with Gasteiger partial charge in [0.25, 0.3) is 5.69 Å². The third-order valence-corrected chi connectivity index (χ3v) is 7.40. The van der Waals surface area contributed by atoms with Crippen LogP contribution in [0, 0.1) is 21.4 Å². The Bertz CT molecular complexity index is 1240. The molecule has 7 nitrogen and oxygen atoms in total. The van der Waals surface area contributed by atoms with E-state index in [-0.39, 0.29) is 17.3 Å². The predicted molar refractivity (Wildman–Crippen MR) is 133 cm³/mol. The van der Waals surface area contributed by atoms with Gasteiger partial charge >= 0.3 is 0 Å². The molecular formula is C25H22N4O3S2. The largest absolute Gasteiger partial charge is 0.325 e. The number of anilines is 1. The molecule has 1 aliphatic rings. The zero-order valence-corrected chi connectivity index (χ0v) is 20.0. The van der Waals surface area contributed by atoms with Crippen LogP contribution in [-0.4, -0.2) is 21.6 Å². The summed E-state index contributed by atoms with van der Waals surface area (Å²) in [6.07, 6.45) is 5.29. The molecule has 3 aromatic rings. The molecule has 1 aromatic heterocycles. The fraction of sp³-hybridized carbons (Fsp3) is 0.240. The van der Waals surface area contributed by atoms with Crippen molar-refractivity contribution in [2.45, 2.75) is 46.9 Å². The Morgan fingerprint density at radius 3 is 2.41 bits per heavy atom. The van der Waals surface area contributed by atoms with Crippen molar-refractivity contribution in [2.75, 3.05) is 11.1 Å². The Morgan fingerprint density at radius 2 is 1.74 bits per heavy atom. The topological polar surface area (TPSA) is 109 Å². The van der Waals surface area contributed by atoms with Crippen molar-refractivity contribution in [1.82, 2.24) is 4.98 Å². The molecule has 1 aliphatic carbocycles. The lowest BCUT2D eigenvalue weighted by Gasteiger charge is -2.10. The van der Waals surface area contributed by atoms with Gasteiger partial charge in [0.2, 0.25) is 5.91 Å². The van der Waals surface area contributed by atoms with Crippen molar-refractivity contribution >= 4 is 40.8 Å². The number of nitro benzene ring substituents is 1. The summed E-state index contributed by atoms with van der Waals surface area (Å²) < 4.78 is 0. The number of amides is 1. The quantitative estimate of drug-likeness (QED) is 0.187. The van der Waals surface area contributed by atoms with Crippen LogP contribution in [0.4, 0.5) is 11.4 Å². The van der Waals surface area contributed by atoms with E-state index in [1.54, 1.807) is 12.1 Å². The number of fused-ring (bicyclic) bond motifs is 1. The number of carbonyl (C=O) groups is 1. The maximum Gasteiger partial charge on any atom is 0.269 e. The smallest absolute Gasteiger partial charge is 0.269 e. The highest BCUT2D eigenvalue weighted by Crippen LogP contribution is 2.30. The number of nitrogens with one attached hydrogen (secondary N) is 1. The van der Waals surface area contributed by atoms with E-state index >= 15 is 0 Å². The SMILES string of the molecule is N#Cc1cc2c(nc1SCC(=O)Nc1ccc(Sc3ccc([N+](=O)[O-])cc3)cc1)CCCCC2. The Balaban J connectivity index is 1.33. The molecule has 0 aliphatic heterocycles. The first kappa shape index (κ1) is 23.8. The number of aromatic nitrogens is 1. The molecule has 1 amide bonds. The molecule has 0 bridgehead atoms. The molecule has 34 heavy (non-hydrogen) atoms. The summed E-state index contributed by atoms with van der Waals surface area (Å²) in [5, 5.41) is 23.8.